The number of hydrogen-bond donors (Lipinski definition) is 3. The van der Waals surface area contributed by atoms with E-state index in [0.29, 0.717) is 0 Å². The van der Waals surface area contributed by atoms with Crippen LogP contribution in [0.3, 0.4) is 0 Å². The van der Waals surface area contributed by atoms with Gasteiger partial charge in [0.1, 0.15) is 29.3 Å². The zero-order valence-corrected chi connectivity index (χ0v) is 15.8. The molecule has 0 aliphatic carbocycles. The number of carbonyl (C=O) groups is 2. The normalized spacial score (nSPS) is 28.2. The van der Waals surface area contributed by atoms with Gasteiger partial charge in [-0.05, 0) is 31.1 Å². The van der Waals surface area contributed by atoms with Crippen LogP contribution in [-0.4, -0.2) is 52.0 Å². The lowest BCUT2D eigenvalue weighted by molar-refractivity contribution is -0.127. The fourth-order valence-corrected chi connectivity index (χ4v) is 2.64. The first kappa shape index (κ1) is 22.5. The molecule has 1 aliphatic heterocycles. The van der Waals surface area contributed by atoms with E-state index in [4.69, 9.17) is 4.74 Å². The molecule has 0 saturated carbocycles. The van der Waals surface area contributed by atoms with E-state index >= 15 is 0 Å². The van der Waals surface area contributed by atoms with Crippen LogP contribution in [0.4, 0.5) is 8.78 Å². The highest BCUT2D eigenvalue weighted by Crippen LogP contribution is 2.31. The number of ether oxygens (including phenoxy) is 2. The number of aliphatic hydroxyl groups excluding tert-OH is 2. The molecule has 7 nitrogen and oxygen atoms in total. The molecule has 0 radical (unpaired) electrons. The van der Waals surface area contributed by atoms with Gasteiger partial charge in [-0.25, -0.2) is 4.79 Å². The van der Waals surface area contributed by atoms with Crippen LogP contribution in [0.2, 0.25) is 0 Å². The Morgan fingerprint density at radius 2 is 1.86 bits per heavy atom. The molecule has 0 fully saturated rings. The monoisotopic (exact) mass is 412 g/mol. The minimum atomic E-state index is -3.14. The van der Waals surface area contributed by atoms with Crippen molar-refractivity contribution in [3.05, 3.63) is 41.5 Å². The van der Waals surface area contributed by atoms with E-state index in [-0.39, 0.29) is 23.3 Å². The largest absolute Gasteiger partial charge is 0.507 e. The molecule has 3 N–H and O–H groups in total. The summed E-state index contributed by atoms with van der Waals surface area (Å²) in [6.45, 7) is 0.0870. The molecule has 2 rings (SSSR count). The summed E-state index contributed by atoms with van der Waals surface area (Å²) < 4.78 is 34.6. The molecule has 0 amide bonds. The lowest BCUT2D eigenvalue weighted by Gasteiger charge is -2.20. The third-order valence-corrected chi connectivity index (χ3v) is 4.48. The number of benzene rings is 1. The number of carbonyl (C=O) groups excluding carboxylic acids is 2. The van der Waals surface area contributed by atoms with Gasteiger partial charge >= 0.3 is 12.6 Å². The first-order valence-corrected chi connectivity index (χ1v) is 8.87. The first-order chi connectivity index (χ1) is 13.6. The highest BCUT2D eigenvalue weighted by atomic mass is 19.3. The van der Waals surface area contributed by atoms with Crippen LogP contribution in [0.5, 0.6) is 11.5 Å². The summed E-state index contributed by atoms with van der Waals surface area (Å²) in [5, 5.41) is 30.1. The van der Waals surface area contributed by atoms with Crippen molar-refractivity contribution in [2.75, 3.05) is 0 Å². The predicted octanol–water partition coefficient (Wildman–Crippen LogP) is 2.44. The van der Waals surface area contributed by atoms with E-state index in [2.05, 4.69) is 4.74 Å². The van der Waals surface area contributed by atoms with E-state index in [1.54, 1.807) is 13.8 Å². The summed E-state index contributed by atoms with van der Waals surface area (Å²) >= 11 is 0. The van der Waals surface area contributed by atoms with Crippen LogP contribution in [-0.2, 0) is 9.53 Å². The molecule has 0 aromatic heterocycles. The number of phenols is 1. The van der Waals surface area contributed by atoms with Crippen LogP contribution in [0.25, 0.3) is 6.08 Å². The highest BCUT2D eigenvalue weighted by Gasteiger charge is 2.25. The Labute approximate surface area is 165 Å². The van der Waals surface area contributed by atoms with E-state index in [1.165, 1.54) is 18.2 Å². The Morgan fingerprint density at radius 3 is 2.52 bits per heavy atom. The Balaban J connectivity index is 2.50. The maximum Gasteiger partial charge on any atom is 0.387 e. The van der Waals surface area contributed by atoms with Crippen LogP contribution in [0.15, 0.2) is 30.4 Å². The third kappa shape index (κ3) is 5.85. The van der Waals surface area contributed by atoms with Gasteiger partial charge in [0.15, 0.2) is 5.78 Å². The molecule has 0 spiro atoms. The summed E-state index contributed by atoms with van der Waals surface area (Å²) in [5.74, 6) is -3.04. The Hall–Kier alpha value is -2.78. The van der Waals surface area contributed by atoms with Gasteiger partial charge in [0.05, 0.1) is 6.10 Å². The summed E-state index contributed by atoms with van der Waals surface area (Å²) in [6.07, 6.45) is 1.14. The maximum atomic E-state index is 12.6. The van der Waals surface area contributed by atoms with Crippen molar-refractivity contribution in [3.63, 3.8) is 0 Å². The number of ketones is 1. The van der Waals surface area contributed by atoms with Crippen molar-refractivity contribution in [2.24, 2.45) is 5.92 Å². The summed E-state index contributed by atoms with van der Waals surface area (Å²) in [5.41, 5.74) is -0.264. The topological polar surface area (TPSA) is 113 Å². The van der Waals surface area contributed by atoms with Crippen molar-refractivity contribution in [2.45, 2.75) is 45.2 Å². The molecule has 2 unspecified atom stereocenters. The number of hydrogen-bond acceptors (Lipinski definition) is 7. The molecule has 29 heavy (non-hydrogen) atoms. The number of halogens is 2. The smallest absolute Gasteiger partial charge is 0.387 e. The van der Waals surface area contributed by atoms with Crippen molar-refractivity contribution in [1.29, 1.82) is 0 Å². The van der Waals surface area contributed by atoms with Gasteiger partial charge < -0.3 is 24.8 Å². The molecule has 0 bridgehead atoms. The quantitative estimate of drug-likeness (QED) is 0.640. The molecular formula is C20H22F2O7. The van der Waals surface area contributed by atoms with Crippen molar-refractivity contribution in [1.82, 2.24) is 0 Å². The fraction of sp³-hybridized carbons (Fsp3) is 0.400. The van der Waals surface area contributed by atoms with Gasteiger partial charge in [-0.3, -0.25) is 4.79 Å². The summed E-state index contributed by atoms with van der Waals surface area (Å²) in [4.78, 5) is 24.5. The number of esters is 1. The number of aromatic hydroxyl groups is 1. The van der Waals surface area contributed by atoms with Crippen molar-refractivity contribution >= 4 is 17.8 Å². The van der Waals surface area contributed by atoms with Gasteiger partial charge in [-0.2, -0.15) is 8.78 Å². The second-order valence-electron chi connectivity index (χ2n) is 6.67. The zero-order chi connectivity index (χ0) is 21.7. The zero-order valence-electron chi connectivity index (χ0n) is 15.8. The lowest BCUT2D eigenvalue weighted by atomic mass is 9.99. The van der Waals surface area contributed by atoms with E-state index in [9.17, 15) is 33.7 Å². The molecule has 9 heteroatoms. The number of aliphatic hydroxyl groups is 2. The molecule has 1 aliphatic rings. The number of rotatable bonds is 2. The Morgan fingerprint density at radius 1 is 1.17 bits per heavy atom. The molecule has 158 valence electrons. The predicted molar refractivity (Wildman–Crippen MR) is 98.6 cm³/mol. The molecular weight excluding hydrogens is 390 g/mol. The standard InChI is InChI=1S/C20H22F2O7/c1-10-6-7-15(24)18(26)14(23)5-3-4-12-8-13(29-20(21)22)9-16(25)17(12)19(27)28-11(10)2/h3-4,6-11,14,18,20,23,25-26H,5H2,1-2H3/b4-3+,7-6-/t10-,11+,14?,18?/m1/s1. The minimum Gasteiger partial charge on any atom is -0.507 e. The lowest BCUT2D eigenvalue weighted by Crippen LogP contribution is -2.32. The maximum absolute atomic E-state index is 12.6. The van der Waals surface area contributed by atoms with Crippen LogP contribution < -0.4 is 4.74 Å². The van der Waals surface area contributed by atoms with E-state index in [1.807, 2.05) is 0 Å². The van der Waals surface area contributed by atoms with Crippen molar-refractivity contribution < 1.29 is 43.2 Å². The number of cyclic esters (lactones) is 1. The first-order valence-electron chi connectivity index (χ1n) is 8.87. The second kappa shape index (κ2) is 9.62. The third-order valence-electron chi connectivity index (χ3n) is 4.48. The fourth-order valence-electron chi connectivity index (χ4n) is 2.64. The van der Waals surface area contributed by atoms with Gasteiger partial charge in [0.25, 0.3) is 0 Å². The summed E-state index contributed by atoms with van der Waals surface area (Å²) in [6, 6.07) is 1.97. The van der Waals surface area contributed by atoms with Gasteiger partial charge in [0.2, 0.25) is 0 Å². The molecule has 0 saturated heterocycles. The average molecular weight is 412 g/mol. The number of alkyl halides is 2. The minimum absolute atomic E-state index is 0.00567. The van der Waals surface area contributed by atoms with E-state index < -0.39 is 48.3 Å². The molecule has 1 aromatic rings. The number of fused-ring (bicyclic) bond motifs is 1. The van der Waals surface area contributed by atoms with Gasteiger partial charge in [0, 0.05) is 12.0 Å². The van der Waals surface area contributed by atoms with Crippen LogP contribution in [0, 0.1) is 5.92 Å². The molecule has 1 aromatic carbocycles. The van der Waals surface area contributed by atoms with Gasteiger partial charge in [-0.1, -0.05) is 25.2 Å². The Kier molecular flexibility index (Phi) is 7.46. The second-order valence-corrected chi connectivity index (χ2v) is 6.67. The molecule has 1 heterocycles. The highest BCUT2D eigenvalue weighted by molar-refractivity contribution is 5.97. The van der Waals surface area contributed by atoms with Crippen LogP contribution in [0.1, 0.15) is 36.2 Å². The average Bonchev–Trinajstić information content (AvgIpc) is 2.63. The van der Waals surface area contributed by atoms with Gasteiger partial charge in [-0.15, -0.1) is 0 Å². The Bertz CT molecular complexity index is 819. The van der Waals surface area contributed by atoms with Crippen LogP contribution >= 0.6 is 0 Å². The van der Waals surface area contributed by atoms with Crippen molar-refractivity contribution in [3.8, 4) is 11.5 Å². The molecule has 4 atom stereocenters. The summed E-state index contributed by atoms with van der Waals surface area (Å²) in [7, 11) is 0. The van der Waals surface area contributed by atoms with E-state index in [0.717, 1.165) is 18.2 Å². The SMILES string of the molecule is C[C@@H]1/C=C\C(=O)C(O)C(O)C/C=C/c2cc(OC(F)F)cc(O)c2C(=O)O[C@H]1C. The number of phenolic OH excluding ortho intramolecular Hbond substituents is 1.